The van der Waals surface area contributed by atoms with Gasteiger partial charge in [-0.15, -0.1) is 12.4 Å². The van der Waals surface area contributed by atoms with Crippen molar-refractivity contribution >= 4 is 34.2 Å². The third-order valence-corrected chi connectivity index (χ3v) is 7.68. The molecule has 1 aliphatic rings. The van der Waals surface area contributed by atoms with E-state index in [4.69, 9.17) is 4.74 Å². The van der Waals surface area contributed by atoms with Gasteiger partial charge in [0, 0.05) is 32.1 Å². The van der Waals surface area contributed by atoms with Crippen LogP contribution in [0.1, 0.15) is 33.1 Å². The average Bonchev–Trinajstić information content (AvgIpc) is 2.80. The van der Waals surface area contributed by atoms with Crippen molar-refractivity contribution in [1.29, 1.82) is 0 Å². The highest BCUT2D eigenvalue weighted by Gasteiger charge is 2.38. The summed E-state index contributed by atoms with van der Waals surface area (Å²) in [7, 11) is -0.775. The summed E-state index contributed by atoms with van der Waals surface area (Å²) >= 11 is 0. The minimum atomic E-state index is -4.14. The van der Waals surface area contributed by atoms with Crippen LogP contribution in [0.2, 0.25) is 0 Å². The number of benzene rings is 1. The van der Waals surface area contributed by atoms with Crippen LogP contribution in [0.4, 0.5) is 0 Å². The minimum Gasteiger partial charge on any atom is -0.497 e. The largest absolute Gasteiger partial charge is 0.497 e. The van der Waals surface area contributed by atoms with Crippen LogP contribution in [0.15, 0.2) is 29.2 Å². The summed E-state index contributed by atoms with van der Waals surface area (Å²) in [4.78, 5) is 26.9. The number of methoxy groups -OCH3 is 1. The molecule has 0 aliphatic carbocycles. The summed E-state index contributed by atoms with van der Waals surface area (Å²) in [5, 5.41) is 12.4. The second-order valence-electron chi connectivity index (χ2n) is 8.15. The molecule has 1 fully saturated rings. The van der Waals surface area contributed by atoms with Gasteiger partial charge in [0.2, 0.25) is 15.9 Å². The Hall–Kier alpha value is -1.92. The molecule has 10 nitrogen and oxygen atoms in total. The van der Waals surface area contributed by atoms with Crippen LogP contribution >= 0.6 is 12.4 Å². The highest BCUT2D eigenvalue weighted by Crippen LogP contribution is 2.25. The first-order valence-corrected chi connectivity index (χ1v) is 12.1. The molecule has 1 aromatic carbocycles. The van der Waals surface area contributed by atoms with Crippen molar-refractivity contribution in [2.24, 2.45) is 5.92 Å². The van der Waals surface area contributed by atoms with E-state index in [0.29, 0.717) is 24.9 Å². The molecule has 1 atom stereocenters. The second-order valence-corrected chi connectivity index (χ2v) is 10.0. The van der Waals surface area contributed by atoms with Crippen LogP contribution in [0, 0.1) is 5.92 Å². The Labute approximate surface area is 202 Å². The fourth-order valence-corrected chi connectivity index (χ4v) is 5.63. The second kappa shape index (κ2) is 13.1. The quantitative estimate of drug-likeness (QED) is 0.321. The number of carbonyl (C=O) groups excluding carboxylic acids is 2. The van der Waals surface area contributed by atoms with Gasteiger partial charge in [0.25, 0.3) is 5.91 Å². The lowest BCUT2D eigenvalue weighted by atomic mass is 10.0. The lowest BCUT2D eigenvalue weighted by Gasteiger charge is -2.34. The first kappa shape index (κ1) is 29.1. The number of likely N-dealkylation sites (tertiary alicyclic amines) is 1. The van der Waals surface area contributed by atoms with Crippen molar-refractivity contribution < 1.29 is 28.0 Å². The van der Waals surface area contributed by atoms with Gasteiger partial charge in [0.15, 0.2) is 0 Å². The lowest BCUT2D eigenvalue weighted by Crippen LogP contribution is -2.53. The van der Waals surface area contributed by atoms with Crippen LogP contribution in [0.25, 0.3) is 0 Å². The van der Waals surface area contributed by atoms with Gasteiger partial charge in [0.1, 0.15) is 11.8 Å². The smallest absolute Gasteiger partial charge is 0.262 e. The number of carbonyl (C=O) groups is 2. The Bertz CT molecular complexity index is 873. The van der Waals surface area contributed by atoms with Gasteiger partial charge in [0.05, 0.1) is 12.0 Å². The van der Waals surface area contributed by atoms with Crippen LogP contribution < -0.4 is 15.5 Å². The molecule has 2 rings (SSSR count). The third kappa shape index (κ3) is 7.28. The number of hydrogen-bond donors (Lipinski definition) is 3. The molecule has 1 unspecified atom stereocenters. The Morgan fingerprint density at radius 2 is 1.79 bits per heavy atom. The maximum Gasteiger partial charge on any atom is 0.262 e. The van der Waals surface area contributed by atoms with E-state index < -0.39 is 27.9 Å². The number of piperidine rings is 1. The van der Waals surface area contributed by atoms with Gasteiger partial charge >= 0.3 is 0 Å². The normalized spacial score (nSPS) is 15.8. The molecule has 0 radical (unpaired) electrons. The molecule has 2 amide bonds. The molecule has 33 heavy (non-hydrogen) atoms. The maximum absolute atomic E-state index is 13.5. The molecule has 0 bridgehead atoms. The average molecular weight is 507 g/mol. The summed E-state index contributed by atoms with van der Waals surface area (Å²) < 4.78 is 33.0. The van der Waals surface area contributed by atoms with E-state index in [1.165, 1.54) is 31.4 Å². The van der Waals surface area contributed by atoms with Crippen LogP contribution in [0.3, 0.4) is 0 Å². The van der Waals surface area contributed by atoms with E-state index in [-0.39, 0.29) is 36.2 Å². The molecule has 1 aliphatic heterocycles. The predicted molar refractivity (Wildman–Crippen MR) is 126 cm³/mol. The van der Waals surface area contributed by atoms with Gasteiger partial charge in [-0.05, 0) is 50.1 Å². The summed E-state index contributed by atoms with van der Waals surface area (Å²) in [5.41, 5.74) is 1.56. The molecule has 0 saturated carbocycles. The topological polar surface area (TPSA) is 128 Å². The number of hydroxylamine groups is 1. The predicted octanol–water partition coefficient (Wildman–Crippen LogP) is 1.24. The van der Waals surface area contributed by atoms with Crippen molar-refractivity contribution in [2.45, 2.75) is 50.1 Å². The molecule has 0 spiro atoms. The third-order valence-electron chi connectivity index (χ3n) is 5.79. The fraction of sp³-hybridized carbons (Fsp3) is 0.619. The molecule has 188 valence electrons. The fourth-order valence-electron chi connectivity index (χ4n) is 3.91. The number of ether oxygens (including phenoxy) is 1. The molecule has 3 N–H and O–H groups in total. The summed E-state index contributed by atoms with van der Waals surface area (Å²) in [6.07, 6.45) is 1.59. The summed E-state index contributed by atoms with van der Waals surface area (Å²) in [6, 6.07) is 4.98. The van der Waals surface area contributed by atoms with Crippen molar-refractivity contribution in [3.8, 4) is 5.75 Å². The van der Waals surface area contributed by atoms with E-state index >= 15 is 0 Å². The monoisotopic (exact) mass is 506 g/mol. The number of rotatable bonds is 10. The van der Waals surface area contributed by atoms with Gasteiger partial charge < -0.3 is 15.0 Å². The highest BCUT2D eigenvalue weighted by atomic mass is 35.5. The van der Waals surface area contributed by atoms with E-state index in [2.05, 4.69) is 5.32 Å². The Kier molecular flexibility index (Phi) is 11.5. The zero-order valence-corrected chi connectivity index (χ0v) is 21.1. The van der Waals surface area contributed by atoms with Crippen LogP contribution in [-0.4, -0.2) is 80.5 Å². The van der Waals surface area contributed by atoms with E-state index in [9.17, 15) is 23.2 Å². The highest BCUT2D eigenvalue weighted by molar-refractivity contribution is 7.89. The standard InChI is InChI=1S/C21H34N4O6S.ClH/c1-15(2)20(21(27)23-28)25(32(29,30)18-7-5-17(31-4)6-8-18)14-11-19(26)24-12-9-16(22-3)10-13-24;/h5-8,15-16,20,22,28H,9-14H2,1-4H3,(H,23,27);1H. The Balaban J connectivity index is 0.00000544. The van der Waals surface area contributed by atoms with Crippen LogP contribution in [-0.2, 0) is 19.6 Å². The number of hydrogen-bond acceptors (Lipinski definition) is 7. The molecule has 1 aromatic rings. The summed E-state index contributed by atoms with van der Waals surface area (Å²) in [6.45, 7) is 4.37. The van der Waals surface area contributed by atoms with E-state index in [0.717, 1.165) is 17.1 Å². The number of halogens is 1. The molecule has 0 aromatic heterocycles. The van der Waals surface area contributed by atoms with Gasteiger partial charge in [-0.1, -0.05) is 13.8 Å². The molecular formula is C21H35ClN4O6S. The van der Waals surface area contributed by atoms with E-state index in [1.807, 2.05) is 7.05 Å². The first-order chi connectivity index (χ1) is 15.1. The first-order valence-electron chi connectivity index (χ1n) is 10.7. The Morgan fingerprint density at radius 1 is 1.21 bits per heavy atom. The molecule has 12 heteroatoms. The zero-order valence-electron chi connectivity index (χ0n) is 19.5. The maximum atomic E-state index is 13.5. The van der Waals surface area contributed by atoms with Gasteiger partial charge in [-0.25, -0.2) is 13.9 Å². The molecular weight excluding hydrogens is 472 g/mol. The zero-order chi connectivity index (χ0) is 23.9. The number of sulfonamides is 1. The number of nitrogens with one attached hydrogen (secondary N) is 2. The van der Waals surface area contributed by atoms with E-state index in [1.54, 1.807) is 24.2 Å². The van der Waals surface area contributed by atoms with Gasteiger partial charge in [-0.3, -0.25) is 14.8 Å². The van der Waals surface area contributed by atoms with Crippen molar-refractivity contribution in [3.63, 3.8) is 0 Å². The summed E-state index contributed by atoms with van der Waals surface area (Å²) in [5.74, 6) is -0.971. The SMILES string of the molecule is CNC1CCN(C(=O)CCN(C(C(=O)NO)C(C)C)S(=O)(=O)c2ccc(OC)cc2)CC1.Cl. The number of nitrogens with zero attached hydrogens (tertiary/aromatic N) is 2. The number of amides is 2. The van der Waals surface area contributed by atoms with Crippen molar-refractivity contribution in [1.82, 2.24) is 20.0 Å². The van der Waals surface area contributed by atoms with Crippen LogP contribution in [0.5, 0.6) is 5.75 Å². The molecule has 1 heterocycles. The minimum absolute atomic E-state index is 0. The lowest BCUT2D eigenvalue weighted by molar-refractivity contribution is -0.136. The van der Waals surface area contributed by atoms with Gasteiger partial charge in [-0.2, -0.15) is 4.31 Å². The van der Waals surface area contributed by atoms with Crippen molar-refractivity contribution in [3.05, 3.63) is 24.3 Å². The molecule has 1 saturated heterocycles. The Morgan fingerprint density at radius 3 is 2.24 bits per heavy atom. The van der Waals surface area contributed by atoms with Crippen molar-refractivity contribution in [2.75, 3.05) is 33.8 Å².